The van der Waals surface area contributed by atoms with E-state index in [0.717, 1.165) is 12.8 Å². The Kier molecular flexibility index (Phi) is 2.73. The fraction of sp³-hybridized carbons (Fsp3) is 0.600. The van der Waals surface area contributed by atoms with Crippen LogP contribution in [0.15, 0.2) is 24.3 Å². The van der Waals surface area contributed by atoms with Crippen LogP contribution >= 0.6 is 0 Å². The Morgan fingerprint density at radius 2 is 1.89 bits per heavy atom. The summed E-state index contributed by atoms with van der Waals surface area (Å²) in [6.45, 7) is 6.25. The Balaban J connectivity index is 2.14. The fourth-order valence-electron chi connectivity index (χ4n) is 3.87. The van der Waals surface area contributed by atoms with Gasteiger partial charge in [0.25, 0.3) is 0 Å². The second kappa shape index (κ2) is 3.99. The molecule has 2 bridgehead atoms. The van der Waals surface area contributed by atoms with Crippen molar-refractivity contribution < 1.29 is 14.0 Å². The van der Waals surface area contributed by atoms with Crippen LogP contribution in [0, 0.1) is 17.8 Å². The monoisotopic (exact) mass is 276 g/mol. The molecule has 0 heterocycles. The molecule has 4 aliphatic rings. The van der Waals surface area contributed by atoms with Gasteiger partial charge in [-0.15, -0.1) is 0 Å². The summed E-state index contributed by atoms with van der Waals surface area (Å²) in [6, 6.07) is 0. The predicted octanol–water partition coefficient (Wildman–Crippen LogP) is 2.50. The summed E-state index contributed by atoms with van der Waals surface area (Å²) < 4.78 is 6.35. The van der Waals surface area contributed by atoms with Crippen LogP contribution < -0.4 is 0 Å². The van der Waals surface area contributed by atoms with E-state index in [1.807, 2.05) is 0 Å². The number of fused-ring (bicyclic) bond motifs is 1. The molecule has 4 atom stereocenters. The quantitative estimate of drug-likeness (QED) is 0.575. The van der Waals surface area contributed by atoms with Crippen molar-refractivity contribution in [3.63, 3.8) is 0 Å². The molecule has 0 N–H and O–H groups in total. The van der Waals surface area contributed by atoms with Gasteiger partial charge in [-0.1, -0.05) is 12.2 Å². The zero-order chi connectivity index (χ0) is 13.8. The highest BCUT2D eigenvalue weighted by molar-refractivity contribution is 6.70. The van der Waals surface area contributed by atoms with Gasteiger partial charge in [-0.3, -0.25) is 9.59 Å². The molecule has 0 aliphatic heterocycles. The lowest BCUT2D eigenvalue weighted by Gasteiger charge is -2.54. The predicted molar refractivity (Wildman–Crippen MR) is 75.2 cm³/mol. The second-order valence-corrected chi connectivity index (χ2v) is 11.2. The molecule has 0 spiro atoms. The van der Waals surface area contributed by atoms with Gasteiger partial charge >= 0.3 is 0 Å². The lowest BCUT2D eigenvalue weighted by Crippen LogP contribution is -2.65. The molecule has 3 nitrogen and oxygen atoms in total. The molecule has 4 rings (SSSR count). The maximum absolute atomic E-state index is 12.6. The van der Waals surface area contributed by atoms with Crippen LogP contribution in [0.4, 0.5) is 0 Å². The van der Waals surface area contributed by atoms with Crippen LogP contribution in [0.5, 0.6) is 0 Å². The van der Waals surface area contributed by atoms with Crippen molar-refractivity contribution in [2.75, 3.05) is 0 Å². The van der Waals surface area contributed by atoms with Crippen LogP contribution in [-0.4, -0.2) is 25.5 Å². The van der Waals surface area contributed by atoms with Crippen LogP contribution in [0.3, 0.4) is 0 Å². The zero-order valence-electron chi connectivity index (χ0n) is 11.7. The highest BCUT2D eigenvalue weighted by atomic mass is 28.4. The summed E-state index contributed by atoms with van der Waals surface area (Å²) in [7, 11) is -1.91. The number of hydrogen-bond donors (Lipinski definition) is 0. The molecule has 0 aromatic carbocycles. The van der Waals surface area contributed by atoms with Gasteiger partial charge in [-0.2, -0.15) is 0 Å². The minimum absolute atomic E-state index is 0.00132. The van der Waals surface area contributed by atoms with E-state index in [0.29, 0.717) is 0 Å². The molecule has 19 heavy (non-hydrogen) atoms. The third-order valence-electron chi connectivity index (χ3n) is 4.41. The number of rotatable bonds is 2. The van der Waals surface area contributed by atoms with Crippen molar-refractivity contribution >= 4 is 19.9 Å². The normalized spacial score (nSPS) is 40.7. The van der Waals surface area contributed by atoms with Gasteiger partial charge in [0.2, 0.25) is 0 Å². The first-order valence-corrected chi connectivity index (χ1v) is 10.4. The molecule has 0 saturated heterocycles. The smallest absolute Gasteiger partial charge is 0.187 e. The van der Waals surface area contributed by atoms with Gasteiger partial charge in [0.05, 0.1) is 5.92 Å². The second-order valence-electron chi connectivity index (χ2n) is 6.82. The van der Waals surface area contributed by atoms with Gasteiger partial charge in [-0.05, 0) is 50.6 Å². The summed E-state index contributed by atoms with van der Waals surface area (Å²) in [6.07, 6.45) is 9.07. The van der Waals surface area contributed by atoms with Gasteiger partial charge in [0.15, 0.2) is 19.9 Å². The molecule has 4 aliphatic carbocycles. The number of carbonyl (C=O) groups excluding carboxylic acids is 2. The van der Waals surface area contributed by atoms with Gasteiger partial charge in [-0.25, -0.2) is 0 Å². The Labute approximate surface area is 114 Å². The Morgan fingerprint density at radius 3 is 2.47 bits per heavy atom. The third-order valence-corrected chi connectivity index (χ3v) is 5.36. The number of hydrogen-bond acceptors (Lipinski definition) is 3. The van der Waals surface area contributed by atoms with E-state index in [1.54, 1.807) is 0 Å². The third kappa shape index (κ3) is 1.81. The topological polar surface area (TPSA) is 43.4 Å². The SMILES string of the molecule is C[Si](C)(C)OC12C(=O)C=CC(=O)C1C1C=CC2CC1. The summed E-state index contributed by atoms with van der Waals surface area (Å²) >= 11 is 0. The molecule has 4 heteroatoms. The Morgan fingerprint density at radius 1 is 1.16 bits per heavy atom. The molecule has 0 aromatic rings. The maximum atomic E-state index is 12.6. The number of allylic oxidation sites excluding steroid dienone is 2. The Hall–Kier alpha value is -1.00. The first-order valence-electron chi connectivity index (χ1n) is 6.99. The van der Waals surface area contributed by atoms with Crippen molar-refractivity contribution in [1.82, 2.24) is 0 Å². The maximum Gasteiger partial charge on any atom is 0.187 e. The summed E-state index contributed by atoms with van der Waals surface area (Å²) in [4.78, 5) is 24.9. The summed E-state index contributed by atoms with van der Waals surface area (Å²) in [5, 5.41) is 0. The summed E-state index contributed by atoms with van der Waals surface area (Å²) in [5.74, 6) is 0.00863. The van der Waals surface area contributed by atoms with Gasteiger partial charge in [0.1, 0.15) is 5.60 Å². The van der Waals surface area contributed by atoms with E-state index in [9.17, 15) is 9.59 Å². The minimum Gasteiger partial charge on any atom is -0.404 e. The average Bonchev–Trinajstić information content (AvgIpc) is 2.33. The average molecular weight is 276 g/mol. The largest absolute Gasteiger partial charge is 0.404 e. The van der Waals surface area contributed by atoms with Crippen LogP contribution in [0.1, 0.15) is 12.8 Å². The first-order chi connectivity index (χ1) is 8.84. The van der Waals surface area contributed by atoms with Crippen LogP contribution in [-0.2, 0) is 14.0 Å². The minimum atomic E-state index is -1.91. The van der Waals surface area contributed by atoms with Crippen LogP contribution in [0.2, 0.25) is 19.6 Å². The molecule has 0 aromatic heterocycles. The van der Waals surface area contributed by atoms with E-state index in [4.69, 9.17) is 4.43 Å². The molecule has 0 radical (unpaired) electrons. The molecule has 1 fully saturated rings. The molecular weight excluding hydrogens is 256 g/mol. The number of carbonyl (C=O) groups is 2. The zero-order valence-corrected chi connectivity index (χ0v) is 12.7. The lowest BCUT2D eigenvalue weighted by atomic mass is 9.55. The van der Waals surface area contributed by atoms with Gasteiger partial charge < -0.3 is 4.43 Å². The van der Waals surface area contributed by atoms with Crippen LogP contribution in [0.25, 0.3) is 0 Å². The van der Waals surface area contributed by atoms with E-state index in [2.05, 4.69) is 31.8 Å². The number of ketones is 2. The molecular formula is C15H20O3Si. The van der Waals surface area contributed by atoms with E-state index >= 15 is 0 Å². The molecule has 1 saturated carbocycles. The van der Waals surface area contributed by atoms with Crippen molar-refractivity contribution in [3.05, 3.63) is 24.3 Å². The van der Waals surface area contributed by atoms with Gasteiger partial charge in [0, 0.05) is 5.92 Å². The summed E-state index contributed by atoms with van der Waals surface area (Å²) in [5.41, 5.74) is -0.895. The highest BCUT2D eigenvalue weighted by Crippen LogP contribution is 2.52. The van der Waals surface area contributed by atoms with Crippen molar-refractivity contribution in [3.8, 4) is 0 Å². The molecule has 4 unspecified atom stereocenters. The lowest BCUT2D eigenvalue weighted by molar-refractivity contribution is -0.158. The van der Waals surface area contributed by atoms with Crippen molar-refractivity contribution in [1.29, 1.82) is 0 Å². The molecule has 0 amide bonds. The molecule has 102 valence electrons. The van der Waals surface area contributed by atoms with E-state index < -0.39 is 13.9 Å². The first kappa shape index (κ1) is 13.0. The standard InChI is InChI=1S/C15H20O3Si/c1-19(2,3)18-15-11-6-4-10(5-7-11)14(15)12(16)8-9-13(15)17/h4,6,8-11,14H,5,7H2,1-3H3. The van der Waals surface area contributed by atoms with E-state index in [-0.39, 0.29) is 29.3 Å². The highest BCUT2D eigenvalue weighted by Gasteiger charge is 2.61. The fourth-order valence-corrected chi connectivity index (χ4v) is 5.26. The van der Waals surface area contributed by atoms with Crippen molar-refractivity contribution in [2.45, 2.75) is 38.1 Å². The Bertz CT molecular complexity index is 500. The van der Waals surface area contributed by atoms with Crippen molar-refractivity contribution in [2.24, 2.45) is 17.8 Å². The van der Waals surface area contributed by atoms with E-state index in [1.165, 1.54) is 12.2 Å².